The molecular weight excluding hydrogens is 263 g/mol. The molecule has 0 heterocycles. The summed E-state index contributed by atoms with van der Waals surface area (Å²) in [5, 5.41) is 10.9. The van der Waals surface area contributed by atoms with Crippen LogP contribution in [0, 0.1) is 12.7 Å². The molecule has 0 amide bonds. The molecule has 0 bridgehead atoms. The first kappa shape index (κ1) is 14.3. The SMILES string of the molecule is Cc1ccc(C(C)(O)c2cccc(C3CCC3)c2)cc1F. The third kappa shape index (κ3) is 2.60. The molecule has 1 nitrogen and oxygen atoms in total. The molecule has 0 aliphatic heterocycles. The van der Waals surface area contributed by atoms with Gasteiger partial charge >= 0.3 is 0 Å². The lowest BCUT2D eigenvalue weighted by Crippen LogP contribution is -2.23. The molecule has 0 radical (unpaired) electrons. The Balaban J connectivity index is 1.98. The van der Waals surface area contributed by atoms with Crippen LogP contribution in [0.4, 0.5) is 4.39 Å². The fourth-order valence-electron chi connectivity index (χ4n) is 2.90. The highest BCUT2D eigenvalue weighted by atomic mass is 19.1. The Labute approximate surface area is 125 Å². The Bertz CT molecular complexity index is 656. The molecule has 1 aliphatic carbocycles. The van der Waals surface area contributed by atoms with E-state index in [0.29, 0.717) is 17.0 Å². The van der Waals surface area contributed by atoms with E-state index < -0.39 is 5.60 Å². The van der Waals surface area contributed by atoms with Crippen LogP contribution >= 0.6 is 0 Å². The largest absolute Gasteiger partial charge is 0.381 e. The molecule has 1 atom stereocenters. The second-order valence-corrected chi connectivity index (χ2v) is 6.29. The number of benzene rings is 2. The molecule has 1 unspecified atom stereocenters. The number of aryl methyl sites for hydroxylation is 1. The summed E-state index contributed by atoms with van der Waals surface area (Å²) in [5.41, 5.74) is 2.13. The maximum atomic E-state index is 13.8. The van der Waals surface area contributed by atoms with Crippen LogP contribution in [0.15, 0.2) is 42.5 Å². The van der Waals surface area contributed by atoms with E-state index in [1.165, 1.54) is 30.9 Å². The molecule has 0 saturated heterocycles. The molecule has 0 aromatic heterocycles. The van der Waals surface area contributed by atoms with Gasteiger partial charge in [0.15, 0.2) is 0 Å². The molecule has 1 fully saturated rings. The van der Waals surface area contributed by atoms with Crippen LogP contribution in [0.2, 0.25) is 0 Å². The first-order chi connectivity index (χ1) is 9.98. The van der Waals surface area contributed by atoms with E-state index in [-0.39, 0.29) is 5.82 Å². The van der Waals surface area contributed by atoms with Crippen LogP contribution < -0.4 is 0 Å². The summed E-state index contributed by atoms with van der Waals surface area (Å²) in [6.45, 7) is 3.46. The molecule has 1 saturated carbocycles. The van der Waals surface area contributed by atoms with Gasteiger partial charge in [0.05, 0.1) is 0 Å². The molecule has 110 valence electrons. The smallest absolute Gasteiger partial charge is 0.126 e. The van der Waals surface area contributed by atoms with Crippen molar-refractivity contribution in [3.8, 4) is 0 Å². The molecule has 1 aliphatic rings. The number of hydrogen-bond donors (Lipinski definition) is 1. The zero-order valence-electron chi connectivity index (χ0n) is 12.6. The van der Waals surface area contributed by atoms with E-state index in [1.807, 2.05) is 12.1 Å². The van der Waals surface area contributed by atoms with Gasteiger partial charge in [-0.2, -0.15) is 0 Å². The Morgan fingerprint density at radius 1 is 1.10 bits per heavy atom. The minimum atomic E-state index is -1.17. The van der Waals surface area contributed by atoms with E-state index >= 15 is 0 Å². The van der Waals surface area contributed by atoms with Crippen molar-refractivity contribution in [2.75, 3.05) is 0 Å². The second-order valence-electron chi connectivity index (χ2n) is 6.29. The van der Waals surface area contributed by atoms with E-state index in [1.54, 1.807) is 26.0 Å². The standard InChI is InChI=1S/C19H21FO/c1-13-9-10-17(12-18(13)20)19(2,21)16-8-4-7-15(11-16)14-5-3-6-14/h4,7-12,14,21H,3,5-6H2,1-2H3. The van der Waals surface area contributed by atoms with Crippen LogP contribution in [0.3, 0.4) is 0 Å². The van der Waals surface area contributed by atoms with Gasteiger partial charge in [0.1, 0.15) is 11.4 Å². The van der Waals surface area contributed by atoms with Gasteiger partial charge in [-0.25, -0.2) is 4.39 Å². The average Bonchev–Trinajstić information content (AvgIpc) is 2.40. The van der Waals surface area contributed by atoms with Crippen molar-refractivity contribution in [2.45, 2.75) is 44.6 Å². The van der Waals surface area contributed by atoms with Crippen LogP contribution in [0.5, 0.6) is 0 Å². The molecule has 0 spiro atoms. The molecular formula is C19H21FO. The highest BCUT2D eigenvalue weighted by molar-refractivity contribution is 5.39. The van der Waals surface area contributed by atoms with Gasteiger partial charge in [0.25, 0.3) is 0 Å². The minimum Gasteiger partial charge on any atom is -0.381 e. The number of halogens is 1. The number of hydrogen-bond acceptors (Lipinski definition) is 1. The lowest BCUT2D eigenvalue weighted by Gasteiger charge is -2.29. The van der Waals surface area contributed by atoms with Gasteiger partial charge in [-0.3, -0.25) is 0 Å². The summed E-state index contributed by atoms with van der Waals surface area (Å²) in [6, 6.07) is 13.1. The predicted octanol–water partition coefficient (Wildman–Crippen LogP) is 4.66. The molecule has 1 N–H and O–H groups in total. The van der Waals surface area contributed by atoms with E-state index in [4.69, 9.17) is 0 Å². The lowest BCUT2D eigenvalue weighted by molar-refractivity contribution is 0.102. The molecule has 3 rings (SSSR count). The minimum absolute atomic E-state index is 0.275. The fraction of sp³-hybridized carbons (Fsp3) is 0.368. The van der Waals surface area contributed by atoms with Gasteiger partial charge in [-0.05, 0) is 60.9 Å². The normalized spacial score (nSPS) is 18.1. The fourth-order valence-corrected chi connectivity index (χ4v) is 2.90. The summed E-state index contributed by atoms with van der Waals surface area (Å²) < 4.78 is 13.8. The second kappa shape index (κ2) is 5.27. The quantitative estimate of drug-likeness (QED) is 0.869. The van der Waals surface area contributed by atoms with Crippen molar-refractivity contribution in [1.29, 1.82) is 0 Å². The highest BCUT2D eigenvalue weighted by Gasteiger charge is 2.28. The summed E-state index contributed by atoms with van der Waals surface area (Å²) >= 11 is 0. The first-order valence-electron chi connectivity index (χ1n) is 7.58. The van der Waals surface area contributed by atoms with Crippen molar-refractivity contribution in [3.63, 3.8) is 0 Å². The lowest BCUT2D eigenvalue weighted by atomic mass is 9.78. The van der Waals surface area contributed by atoms with E-state index in [0.717, 1.165) is 5.56 Å². The van der Waals surface area contributed by atoms with Crippen molar-refractivity contribution < 1.29 is 9.50 Å². The summed E-state index contributed by atoms with van der Waals surface area (Å²) in [6.07, 6.45) is 3.74. The third-order valence-corrected chi connectivity index (χ3v) is 4.76. The van der Waals surface area contributed by atoms with Crippen molar-refractivity contribution in [2.24, 2.45) is 0 Å². The maximum absolute atomic E-state index is 13.8. The van der Waals surface area contributed by atoms with Crippen molar-refractivity contribution in [3.05, 3.63) is 70.5 Å². The van der Waals surface area contributed by atoms with Crippen LogP contribution in [-0.4, -0.2) is 5.11 Å². The van der Waals surface area contributed by atoms with Crippen LogP contribution in [0.1, 0.15) is 54.4 Å². The van der Waals surface area contributed by atoms with Gasteiger partial charge in [0.2, 0.25) is 0 Å². The van der Waals surface area contributed by atoms with Gasteiger partial charge < -0.3 is 5.11 Å². The maximum Gasteiger partial charge on any atom is 0.126 e. The van der Waals surface area contributed by atoms with Gasteiger partial charge in [0, 0.05) is 0 Å². The Morgan fingerprint density at radius 3 is 2.43 bits per heavy atom. The molecule has 2 aromatic rings. The molecule has 21 heavy (non-hydrogen) atoms. The highest BCUT2D eigenvalue weighted by Crippen LogP contribution is 2.38. The predicted molar refractivity (Wildman–Crippen MR) is 82.8 cm³/mol. The Hall–Kier alpha value is -1.67. The zero-order chi connectivity index (χ0) is 15.0. The summed E-state index contributed by atoms with van der Waals surface area (Å²) in [5.74, 6) is 0.346. The van der Waals surface area contributed by atoms with Crippen LogP contribution in [0.25, 0.3) is 0 Å². The van der Waals surface area contributed by atoms with E-state index in [9.17, 15) is 9.50 Å². The number of rotatable bonds is 3. The number of aliphatic hydroxyl groups is 1. The Kier molecular flexibility index (Phi) is 3.58. The molecule has 2 aromatic carbocycles. The van der Waals surface area contributed by atoms with Crippen molar-refractivity contribution in [1.82, 2.24) is 0 Å². The monoisotopic (exact) mass is 284 g/mol. The Morgan fingerprint density at radius 2 is 1.81 bits per heavy atom. The van der Waals surface area contributed by atoms with Gasteiger partial charge in [-0.1, -0.05) is 42.8 Å². The van der Waals surface area contributed by atoms with Crippen molar-refractivity contribution >= 4 is 0 Å². The van der Waals surface area contributed by atoms with Gasteiger partial charge in [-0.15, -0.1) is 0 Å². The summed E-state index contributed by atoms with van der Waals surface area (Å²) in [7, 11) is 0. The first-order valence-corrected chi connectivity index (χ1v) is 7.58. The third-order valence-electron chi connectivity index (χ3n) is 4.76. The summed E-state index contributed by atoms with van der Waals surface area (Å²) in [4.78, 5) is 0. The van der Waals surface area contributed by atoms with Crippen LogP contribution in [-0.2, 0) is 5.60 Å². The molecule has 2 heteroatoms. The topological polar surface area (TPSA) is 20.2 Å². The zero-order valence-corrected chi connectivity index (χ0v) is 12.6. The average molecular weight is 284 g/mol. The van der Waals surface area contributed by atoms with E-state index in [2.05, 4.69) is 12.1 Å².